The van der Waals surface area contributed by atoms with Gasteiger partial charge in [-0.15, -0.1) is 12.3 Å². The molecule has 0 spiro atoms. The first-order chi connectivity index (χ1) is 10.6. The highest BCUT2D eigenvalue weighted by Crippen LogP contribution is 2.46. The number of benzene rings is 1. The van der Waals surface area contributed by atoms with Gasteiger partial charge in [-0.05, 0) is 30.5 Å². The van der Waals surface area contributed by atoms with Crippen molar-refractivity contribution in [2.24, 2.45) is 10.2 Å². The lowest BCUT2D eigenvalue weighted by Gasteiger charge is -2.19. The Morgan fingerprint density at radius 2 is 2.14 bits per heavy atom. The summed E-state index contributed by atoms with van der Waals surface area (Å²) in [5.41, 5.74) is 0.457. The Morgan fingerprint density at radius 3 is 2.73 bits per heavy atom. The van der Waals surface area contributed by atoms with E-state index in [1.54, 1.807) is 0 Å². The largest absolute Gasteiger partial charge is 0.347 e. The second kappa shape index (κ2) is 5.73. The van der Waals surface area contributed by atoms with Crippen molar-refractivity contribution < 1.29 is 4.79 Å². The van der Waals surface area contributed by atoms with E-state index >= 15 is 0 Å². The molecule has 1 amide bonds. The topological polar surface area (TPSA) is 53.8 Å². The number of halogens is 1. The van der Waals surface area contributed by atoms with E-state index in [0.29, 0.717) is 24.3 Å². The van der Waals surface area contributed by atoms with Gasteiger partial charge < -0.3 is 5.32 Å². The summed E-state index contributed by atoms with van der Waals surface area (Å²) in [5, 5.41) is 12.0. The van der Waals surface area contributed by atoms with Crippen LogP contribution < -0.4 is 5.32 Å². The Balaban J connectivity index is 1.53. The van der Waals surface area contributed by atoms with Gasteiger partial charge in [0.15, 0.2) is 5.66 Å². The van der Waals surface area contributed by atoms with Crippen LogP contribution in [0.15, 0.2) is 34.5 Å². The maximum atomic E-state index is 12.2. The van der Waals surface area contributed by atoms with Crippen molar-refractivity contribution in [3.63, 3.8) is 0 Å². The zero-order valence-electron chi connectivity index (χ0n) is 12.3. The summed E-state index contributed by atoms with van der Waals surface area (Å²) in [6.07, 6.45) is 9.59. The molecule has 1 N–H and O–H groups in total. The smallest absolute Gasteiger partial charge is 0.220 e. The molecule has 2 aliphatic rings. The van der Waals surface area contributed by atoms with Crippen molar-refractivity contribution in [2.75, 3.05) is 0 Å². The SMILES string of the molecule is C#CCCC1(CCC(=O)NC2(c3cccc(Cl)c3)CC2)N=N1. The second-order valence-electron chi connectivity index (χ2n) is 6.03. The minimum absolute atomic E-state index is 0.0369. The fourth-order valence-electron chi connectivity index (χ4n) is 2.71. The molecule has 4 nitrogen and oxygen atoms in total. The van der Waals surface area contributed by atoms with Crippen molar-refractivity contribution >= 4 is 17.5 Å². The molecule has 1 fully saturated rings. The fraction of sp³-hybridized carbons (Fsp3) is 0.471. The summed E-state index contributed by atoms with van der Waals surface area (Å²) in [5.74, 6) is 2.63. The average Bonchev–Trinajstić information content (AvgIpc) is 3.41. The van der Waals surface area contributed by atoms with E-state index in [1.165, 1.54) is 0 Å². The third kappa shape index (κ3) is 3.31. The van der Waals surface area contributed by atoms with Gasteiger partial charge in [0.25, 0.3) is 0 Å². The lowest BCUT2D eigenvalue weighted by molar-refractivity contribution is -0.122. The van der Waals surface area contributed by atoms with Crippen molar-refractivity contribution in [1.29, 1.82) is 0 Å². The summed E-state index contributed by atoms with van der Waals surface area (Å²) in [6, 6.07) is 7.70. The number of carbonyl (C=O) groups is 1. The third-order valence-electron chi connectivity index (χ3n) is 4.31. The van der Waals surface area contributed by atoms with E-state index in [2.05, 4.69) is 21.5 Å². The van der Waals surface area contributed by atoms with Crippen molar-refractivity contribution in [2.45, 2.75) is 49.7 Å². The predicted molar refractivity (Wildman–Crippen MR) is 85.4 cm³/mol. The molecule has 1 aromatic rings. The number of amides is 1. The second-order valence-corrected chi connectivity index (χ2v) is 6.46. The summed E-state index contributed by atoms with van der Waals surface area (Å²) < 4.78 is 0. The highest BCUT2D eigenvalue weighted by molar-refractivity contribution is 6.30. The van der Waals surface area contributed by atoms with Crippen LogP contribution in [-0.4, -0.2) is 11.6 Å². The fourth-order valence-corrected chi connectivity index (χ4v) is 2.90. The summed E-state index contributed by atoms with van der Waals surface area (Å²) in [6.45, 7) is 0. The molecule has 114 valence electrons. The van der Waals surface area contributed by atoms with Crippen LogP contribution in [0, 0.1) is 12.3 Å². The lowest BCUT2D eigenvalue weighted by atomic mass is 10.0. The van der Waals surface area contributed by atoms with E-state index in [1.807, 2.05) is 24.3 Å². The zero-order valence-corrected chi connectivity index (χ0v) is 13.1. The minimum atomic E-state index is -0.392. The molecule has 0 atom stereocenters. The van der Waals surface area contributed by atoms with Gasteiger partial charge >= 0.3 is 0 Å². The van der Waals surface area contributed by atoms with Gasteiger partial charge in [0.2, 0.25) is 5.91 Å². The number of hydrogen-bond acceptors (Lipinski definition) is 3. The Morgan fingerprint density at radius 1 is 1.36 bits per heavy atom. The van der Waals surface area contributed by atoms with Crippen LogP contribution in [0.5, 0.6) is 0 Å². The molecule has 0 aromatic heterocycles. The summed E-state index contributed by atoms with van der Waals surface area (Å²) in [4.78, 5) is 12.2. The van der Waals surface area contributed by atoms with Gasteiger partial charge in [-0.3, -0.25) is 4.79 Å². The minimum Gasteiger partial charge on any atom is -0.347 e. The molecule has 0 bridgehead atoms. The van der Waals surface area contributed by atoms with Gasteiger partial charge in [-0.1, -0.05) is 23.7 Å². The predicted octanol–water partition coefficient (Wildman–Crippen LogP) is 3.80. The first-order valence-corrected chi connectivity index (χ1v) is 7.90. The van der Waals surface area contributed by atoms with E-state index < -0.39 is 5.66 Å². The Labute approximate surface area is 135 Å². The third-order valence-corrected chi connectivity index (χ3v) is 4.55. The van der Waals surface area contributed by atoms with Gasteiger partial charge in [-0.2, -0.15) is 10.2 Å². The van der Waals surface area contributed by atoms with Gasteiger partial charge in [-0.25, -0.2) is 0 Å². The van der Waals surface area contributed by atoms with Crippen molar-refractivity contribution in [3.05, 3.63) is 34.9 Å². The van der Waals surface area contributed by atoms with Crippen LogP contribution in [0.1, 0.15) is 44.1 Å². The molecule has 5 heteroatoms. The van der Waals surface area contributed by atoms with Crippen LogP contribution in [0.4, 0.5) is 0 Å². The van der Waals surface area contributed by atoms with Crippen LogP contribution in [0.25, 0.3) is 0 Å². The quantitative estimate of drug-likeness (QED) is 0.764. The molecule has 0 saturated heterocycles. The molecular formula is C17H18ClN3O. The van der Waals surface area contributed by atoms with Gasteiger partial charge in [0.05, 0.1) is 5.54 Å². The van der Waals surface area contributed by atoms with Crippen molar-refractivity contribution in [1.82, 2.24) is 5.32 Å². The maximum absolute atomic E-state index is 12.2. The van der Waals surface area contributed by atoms with Crippen LogP contribution in [0.2, 0.25) is 5.02 Å². The normalized spacial score (nSPS) is 19.3. The molecule has 1 aliphatic heterocycles. The molecule has 3 rings (SSSR count). The zero-order chi connectivity index (χ0) is 15.6. The molecule has 1 aromatic carbocycles. The van der Waals surface area contributed by atoms with E-state index in [4.69, 9.17) is 18.0 Å². The standard InChI is InChI=1S/C17H18ClN3O/c1-2-3-8-17(20-21-17)9-7-15(22)19-16(10-11-16)13-5-4-6-14(18)12-13/h1,4-6,12H,3,7-11H2,(H,19,22). The first-order valence-electron chi connectivity index (χ1n) is 7.52. The molecular weight excluding hydrogens is 298 g/mol. The maximum Gasteiger partial charge on any atom is 0.220 e. The molecule has 1 heterocycles. The number of rotatable bonds is 7. The molecule has 22 heavy (non-hydrogen) atoms. The lowest BCUT2D eigenvalue weighted by Crippen LogP contribution is -2.35. The Hall–Kier alpha value is -1.86. The van der Waals surface area contributed by atoms with E-state index in [-0.39, 0.29) is 11.4 Å². The summed E-state index contributed by atoms with van der Waals surface area (Å²) in [7, 11) is 0. The van der Waals surface area contributed by atoms with Crippen LogP contribution >= 0.6 is 11.6 Å². The van der Waals surface area contributed by atoms with Gasteiger partial charge in [0.1, 0.15) is 0 Å². The highest BCUT2D eigenvalue weighted by atomic mass is 35.5. The average molecular weight is 316 g/mol. The number of nitrogens with zero attached hydrogens (tertiary/aromatic N) is 2. The Bertz CT molecular complexity index is 652. The highest BCUT2D eigenvalue weighted by Gasteiger charge is 2.46. The first kappa shape index (κ1) is 15.1. The van der Waals surface area contributed by atoms with Crippen molar-refractivity contribution in [3.8, 4) is 12.3 Å². The number of nitrogens with one attached hydrogen (secondary N) is 1. The molecule has 0 radical (unpaired) electrons. The Kier molecular flexibility index (Phi) is 3.92. The number of carbonyl (C=O) groups excluding carboxylic acids is 1. The monoisotopic (exact) mass is 315 g/mol. The summed E-state index contributed by atoms with van der Waals surface area (Å²) >= 11 is 6.04. The number of hydrogen-bond donors (Lipinski definition) is 1. The molecule has 1 aliphatic carbocycles. The van der Waals surface area contributed by atoms with Gasteiger partial charge in [0, 0.05) is 30.7 Å². The molecule has 1 saturated carbocycles. The van der Waals surface area contributed by atoms with E-state index in [0.717, 1.165) is 24.8 Å². The van der Waals surface area contributed by atoms with Crippen LogP contribution in [-0.2, 0) is 10.3 Å². The van der Waals surface area contributed by atoms with Crippen LogP contribution in [0.3, 0.4) is 0 Å². The molecule has 0 unspecified atom stereocenters. The number of terminal acetylenes is 1. The van der Waals surface area contributed by atoms with E-state index in [9.17, 15) is 4.79 Å².